The number of aryl methyl sites for hydroxylation is 1. The van der Waals surface area contributed by atoms with E-state index in [0.29, 0.717) is 19.6 Å². The highest BCUT2D eigenvalue weighted by atomic mass is 32.2. The summed E-state index contributed by atoms with van der Waals surface area (Å²) >= 11 is 0. The summed E-state index contributed by atoms with van der Waals surface area (Å²) in [7, 11) is -3.49. The van der Waals surface area contributed by atoms with Crippen molar-refractivity contribution >= 4 is 10.0 Å². The minimum atomic E-state index is -3.49. The second-order valence-corrected chi connectivity index (χ2v) is 5.79. The summed E-state index contributed by atoms with van der Waals surface area (Å²) in [6, 6.07) is 0. The van der Waals surface area contributed by atoms with Crippen molar-refractivity contribution in [2.24, 2.45) is 11.7 Å². The van der Waals surface area contributed by atoms with E-state index in [9.17, 15) is 8.42 Å². The molecule has 7 heteroatoms. The number of nitrogens with one attached hydrogen (secondary N) is 1. The standard InChI is InChI=1S/C10H20N4O2S/c1-3-14-7-10(12-8-14)17(15,16)13-6-9(2)4-5-11/h7-9,13H,3-6,11H2,1-2H3. The van der Waals surface area contributed by atoms with Gasteiger partial charge >= 0.3 is 0 Å². The fourth-order valence-electron chi connectivity index (χ4n) is 1.36. The average molecular weight is 260 g/mol. The second-order valence-electron chi connectivity index (χ2n) is 4.08. The van der Waals surface area contributed by atoms with E-state index in [0.717, 1.165) is 6.42 Å². The lowest BCUT2D eigenvalue weighted by atomic mass is 10.1. The van der Waals surface area contributed by atoms with Crippen molar-refractivity contribution in [3.63, 3.8) is 0 Å². The molecule has 98 valence electrons. The predicted molar refractivity (Wildman–Crippen MR) is 65.9 cm³/mol. The molecule has 0 aliphatic carbocycles. The Bertz CT molecular complexity index is 441. The van der Waals surface area contributed by atoms with E-state index in [4.69, 9.17) is 5.73 Å². The van der Waals surface area contributed by atoms with Crippen LogP contribution in [0, 0.1) is 5.92 Å². The van der Waals surface area contributed by atoms with Gasteiger partial charge in [0.25, 0.3) is 10.0 Å². The first-order chi connectivity index (χ1) is 7.99. The van der Waals surface area contributed by atoms with Crippen LogP contribution in [0.1, 0.15) is 20.3 Å². The molecule has 0 spiro atoms. The quantitative estimate of drug-likeness (QED) is 0.731. The molecule has 1 aromatic rings. The number of rotatable bonds is 7. The van der Waals surface area contributed by atoms with Crippen molar-refractivity contribution in [2.45, 2.75) is 31.8 Å². The van der Waals surface area contributed by atoms with E-state index in [1.165, 1.54) is 12.5 Å². The van der Waals surface area contributed by atoms with E-state index in [1.54, 1.807) is 4.57 Å². The summed E-state index contributed by atoms with van der Waals surface area (Å²) in [5.41, 5.74) is 5.41. The average Bonchev–Trinajstić information content (AvgIpc) is 2.76. The van der Waals surface area contributed by atoms with Gasteiger partial charge in [0, 0.05) is 19.3 Å². The molecular formula is C10H20N4O2S. The Morgan fingerprint density at radius 3 is 2.82 bits per heavy atom. The van der Waals surface area contributed by atoms with Gasteiger partial charge in [-0.1, -0.05) is 6.92 Å². The molecule has 1 unspecified atom stereocenters. The van der Waals surface area contributed by atoms with Crippen LogP contribution in [0.4, 0.5) is 0 Å². The number of sulfonamides is 1. The summed E-state index contributed by atoms with van der Waals surface area (Å²) < 4.78 is 28.0. The van der Waals surface area contributed by atoms with Gasteiger partial charge in [-0.3, -0.25) is 0 Å². The molecule has 1 heterocycles. The van der Waals surface area contributed by atoms with Gasteiger partial charge in [0.1, 0.15) is 0 Å². The van der Waals surface area contributed by atoms with E-state index in [-0.39, 0.29) is 10.9 Å². The summed E-state index contributed by atoms with van der Waals surface area (Å²) in [6.07, 6.45) is 3.83. The molecule has 3 N–H and O–H groups in total. The highest BCUT2D eigenvalue weighted by Gasteiger charge is 2.17. The minimum absolute atomic E-state index is 0.0688. The lowest BCUT2D eigenvalue weighted by Crippen LogP contribution is -2.29. The molecule has 0 fully saturated rings. The van der Waals surface area contributed by atoms with Crippen LogP contribution in [0.2, 0.25) is 0 Å². The Morgan fingerprint density at radius 1 is 1.59 bits per heavy atom. The lowest BCUT2D eigenvalue weighted by Gasteiger charge is -2.10. The molecule has 0 saturated carbocycles. The molecule has 0 radical (unpaired) electrons. The third-order valence-electron chi connectivity index (χ3n) is 2.53. The van der Waals surface area contributed by atoms with Crippen molar-refractivity contribution < 1.29 is 8.42 Å². The van der Waals surface area contributed by atoms with E-state index in [1.807, 2.05) is 13.8 Å². The maximum atomic E-state index is 11.9. The van der Waals surface area contributed by atoms with Crippen LogP contribution in [-0.4, -0.2) is 31.1 Å². The van der Waals surface area contributed by atoms with Crippen LogP contribution in [0.25, 0.3) is 0 Å². The number of hydrogen-bond donors (Lipinski definition) is 2. The first-order valence-electron chi connectivity index (χ1n) is 5.71. The molecule has 0 amide bonds. The number of nitrogens with zero attached hydrogens (tertiary/aromatic N) is 2. The van der Waals surface area contributed by atoms with Crippen LogP contribution in [0.15, 0.2) is 17.6 Å². The first-order valence-corrected chi connectivity index (χ1v) is 7.19. The third kappa shape index (κ3) is 4.10. The van der Waals surface area contributed by atoms with Gasteiger partial charge < -0.3 is 10.3 Å². The monoisotopic (exact) mass is 260 g/mol. The molecule has 0 aliphatic rings. The molecule has 1 rings (SSSR count). The molecule has 0 aliphatic heterocycles. The summed E-state index contributed by atoms with van der Waals surface area (Å²) in [5, 5.41) is 0.0688. The zero-order valence-corrected chi connectivity index (χ0v) is 11.1. The Labute approximate surface area is 102 Å². The second kappa shape index (κ2) is 6.13. The van der Waals surface area contributed by atoms with Gasteiger partial charge in [-0.05, 0) is 25.8 Å². The summed E-state index contributed by atoms with van der Waals surface area (Å²) in [5.74, 6) is 0.225. The Hall–Kier alpha value is -0.920. The van der Waals surface area contributed by atoms with Crippen molar-refractivity contribution in [2.75, 3.05) is 13.1 Å². The van der Waals surface area contributed by atoms with Gasteiger partial charge in [0.15, 0.2) is 5.03 Å². The van der Waals surface area contributed by atoms with Gasteiger partial charge in [-0.15, -0.1) is 0 Å². The zero-order valence-electron chi connectivity index (χ0n) is 10.3. The minimum Gasteiger partial charge on any atom is -0.336 e. The van der Waals surface area contributed by atoms with E-state index in [2.05, 4.69) is 9.71 Å². The molecule has 1 aromatic heterocycles. The van der Waals surface area contributed by atoms with Crippen LogP contribution in [-0.2, 0) is 16.6 Å². The largest absolute Gasteiger partial charge is 0.336 e. The van der Waals surface area contributed by atoms with Gasteiger partial charge in [-0.25, -0.2) is 18.1 Å². The highest BCUT2D eigenvalue weighted by molar-refractivity contribution is 7.89. The topological polar surface area (TPSA) is 90.0 Å². The fraction of sp³-hybridized carbons (Fsp3) is 0.700. The summed E-state index contributed by atoms with van der Waals surface area (Å²) in [6.45, 7) is 5.53. The fourth-order valence-corrected chi connectivity index (χ4v) is 2.48. The Balaban J connectivity index is 2.62. The first kappa shape index (κ1) is 14.1. The maximum absolute atomic E-state index is 11.9. The molecule has 0 aromatic carbocycles. The van der Waals surface area contributed by atoms with Gasteiger partial charge in [0.2, 0.25) is 0 Å². The number of aromatic nitrogens is 2. The van der Waals surface area contributed by atoms with Crippen molar-refractivity contribution in [1.82, 2.24) is 14.3 Å². The SMILES string of the molecule is CCn1cnc(S(=O)(=O)NCC(C)CCN)c1. The Kier molecular flexibility index (Phi) is 5.10. The van der Waals surface area contributed by atoms with Gasteiger partial charge in [0.05, 0.1) is 6.33 Å². The smallest absolute Gasteiger partial charge is 0.259 e. The highest BCUT2D eigenvalue weighted by Crippen LogP contribution is 2.06. The zero-order chi connectivity index (χ0) is 12.9. The van der Waals surface area contributed by atoms with Crippen LogP contribution in [0.3, 0.4) is 0 Å². The van der Waals surface area contributed by atoms with Crippen molar-refractivity contribution in [1.29, 1.82) is 0 Å². The molecule has 17 heavy (non-hydrogen) atoms. The Morgan fingerprint density at radius 2 is 2.29 bits per heavy atom. The molecular weight excluding hydrogens is 240 g/mol. The normalized spacial score (nSPS) is 13.8. The molecule has 0 saturated heterocycles. The van der Waals surface area contributed by atoms with E-state index >= 15 is 0 Å². The van der Waals surface area contributed by atoms with Crippen molar-refractivity contribution in [3.8, 4) is 0 Å². The van der Waals surface area contributed by atoms with Crippen LogP contribution >= 0.6 is 0 Å². The van der Waals surface area contributed by atoms with Crippen LogP contribution < -0.4 is 10.5 Å². The molecule has 0 bridgehead atoms. The summed E-state index contributed by atoms with van der Waals surface area (Å²) in [4.78, 5) is 3.87. The molecule has 6 nitrogen and oxygen atoms in total. The van der Waals surface area contributed by atoms with Gasteiger partial charge in [-0.2, -0.15) is 0 Å². The van der Waals surface area contributed by atoms with E-state index < -0.39 is 10.0 Å². The lowest BCUT2D eigenvalue weighted by molar-refractivity contribution is 0.514. The predicted octanol–water partition coefficient (Wildman–Crippen LogP) is 0.166. The number of nitrogens with two attached hydrogens (primary N) is 1. The van der Waals surface area contributed by atoms with Crippen molar-refractivity contribution in [3.05, 3.63) is 12.5 Å². The number of imidazole rings is 1. The number of hydrogen-bond acceptors (Lipinski definition) is 4. The van der Waals surface area contributed by atoms with Crippen LogP contribution in [0.5, 0.6) is 0 Å². The molecule has 1 atom stereocenters. The maximum Gasteiger partial charge on any atom is 0.259 e. The third-order valence-corrected chi connectivity index (χ3v) is 3.84.